The molecule has 142 valence electrons. The highest BCUT2D eigenvalue weighted by Crippen LogP contribution is 2.27. The third-order valence-corrected chi connectivity index (χ3v) is 5.73. The van der Waals surface area contributed by atoms with E-state index in [2.05, 4.69) is 9.71 Å². The molecule has 6 nitrogen and oxygen atoms in total. The monoisotopic (exact) mass is 409 g/mol. The van der Waals surface area contributed by atoms with Crippen molar-refractivity contribution >= 4 is 21.6 Å². The first kappa shape index (κ1) is 19.3. The lowest BCUT2D eigenvalue weighted by Crippen LogP contribution is -2.31. The first-order valence-corrected chi connectivity index (χ1v) is 9.76. The Bertz CT molecular complexity index is 1070. The summed E-state index contributed by atoms with van der Waals surface area (Å²) in [7, 11) is -0.715. The highest BCUT2D eigenvalue weighted by molar-refractivity contribution is 7.89. The third-order valence-electron chi connectivity index (χ3n) is 4.02. The molecular weight excluding hydrogens is 393 g/mol. The molecular formula is C18H17ClFN3O3S. The number of aryl methyl sites for hydroxylation is 1. The van der Waals surface area contributed by atoms with Crippen LogP contribution in [0.5, 0.6) is 5.75 Å². The molecule has 0 amide bonds. The molecule has 0 aliphatic carbocycles. The minimum absolute atomic E-state index is 0.143. The van der Waals surface area contributed by atoms with Crippen molar-refractivity contribution in [3.63, 3.8) is 0 Å². The van der Waals surface area contributed by atoms with Crippen molar-refractivity contribution in [2.75, 3.05) is 7.11 Å². The van der Waals surface area contributed by atoms with E-state index in [9.17, 15) is 12.8 Å². The van der Waals surface area contributed by atoms with Crippen LogP contribution >= 0.6 is 11.6 Å². The van der Waals surface area contributed by atoms with Crippen LogP contribution in [-0.2, 0) is 17.1 Å². The molecule has 1 N–H and O–H groups in total. The summed E-state index contributed by atoms with van der Waals surface area (Å²) in [4.78, 5) is 4.12. The molecule has 0 saturated carbocycles. The number of aromatic nitrogens is 2. The van der Waals surface area contributed by atoms with Crippen LogP contribution in [0.2, 0.25) is 5.02 Å². The second-order valence-electron chi connectivity index (χ2n) is 5.80. The summed E-state index contributed by atoms with van der Waals surface area (Å²) in [5.41, 5.74) is 0.639. The van der Waals surface area contributed by atoms with E-state index in [0.717, 1.165) is 18.2 Å². The fourth-order valence-electron chi connectivity index (χ4n) is 2.61. The van der Waals surface area contributed by atoms with Gasteiger partial charge in [-0.1, -0.05) is 23.7 Å². The van der Waals surface area contributed by atoms with Crippen LogP contribution in [0, 0.1) is 5.82 Å². The van der Waals surface area contributed by atoms with E-state index in [1.165, 1.54) is 7.11 Å². The topological polar surface area (TPSA) is 73.2 Å². The number of rotatable bonds is 6. The van der Waals surface area contributed by atoms with E-state index >= 15 is 0 Å². The van der Waals surface area contributed by atoms with Crippen LogP contribution in [0.3, 0.4) is 0 Å². The molecule has 0 aliphatic heterocycles. The molecule has 0 saturated heterocycles. The van der Waals surface area contributed by atoms with Gasteiger partial charge in [-0.3, -0.25) is 0 Å². The molecule has 3 aromatic rings. The summed E-state index contributed by atoms with van der Waals surface area (Å²) >= 11 is 5.74. The number of hydrogen-bond donors (Lipinski definition) is 1. The van der Waals surface area contributed by atoms with Gasteiger partial charge in [-0.15, -0.1) is 0 Å². The van der Waals surface area contributed by atoms with Crippen molar-refractivity contribution in [3.05, 3.63) is 77.1 Å². The van der Waals surface area contributed by atoms with E-state index in [-0.39, 0.29) is 9.92 Å². The van der Waals surface area contributed by atoms with Gasteiger partial charge >= 0.3 is 0 Å². The van der Waals surface area contributed by atoms with Gasteiger partial charge in [0.15, 0.2) is 0 Å². The summed E-state index contributed by atoms with van der Waals surface area (Å²) in [5, 5.41) is -0.271. The zero-order chi connectivity index (χ0) is 19.6. The summed E-state index contributed by atoms with van der Waals surface area (Å²) in [5.74, 6) is 0.375. The third kappa shape index (κ3) is 4.13. The van der Waals surface area contributed by atoms with Gasteiger partial charge < -0.3 is 9.30 Å². The molecule has 0 radical (unpaired) electrons. The SMILES string of the molecule is COc1cccc([C@@H](NS(=O)(=O)c2ccc(F)c(Cl)c2)c2nccn2C)c1. The van der Waals surface area contributed by atoms with Gasteiger partial charge in [-0.2, -0.15) is 4.72 Å². The first-order chi connectivity index (χ1) is 12.8. The second-order valence-corrected chi connectivity index (χ2v) is 7.92. The molecule has 0 unspecified atom stereocenters. The zero-order valence-corrected chi connectivity index (χ0v) is 16.1. The van der Waals surface area contributed by atoms with Crippen LogP contribution < -0.4 is 9.46 Å². The van der Waals surface area contributed by atoms with Gasteiger partial charge in [0, 0.05) is 19.4 Å². The Labute approximate surface area is 161 Å². The van der Waals surface area contributed by atoms with E-state index in [1.807, 2.05) is 0 Å². The minimum Gasteiger partial charge on any atom is -0.497 e. The number of hydrogen-bond acceptors (Lipinski definition) is 4. The lowest BCUT2D eigenvalue weighted by molar-refractivity contribution is 0.413. The molecule has 1 heterocycles. The Balaban J connectivity index is 2.05. The molecule has 0 spiro atoms. The zero-order valence-electron chi connectivity index (χ0n) is 14.6. The standard InChI is InChI=1S/C18H17ClFN3O3S/c1-23-9-8-21-18(23)17(12-4-3-5-13(10-12)26-2)22-27(24,25)14-6-7-16(20)15(19)11-14/h3-11,17,22H,1-2H3/t17-/m1/s1. The van der Waals surface area contributed by atoms with Crippen molar-refractivity contribution in [2.45, 2.75) is 10.9 Å². The van der Waals surface area contributed by atoms with Crippen molar-refractivity contribution in [3.8, 4) is 5.75 Å². The maximum absolute atomic E-state index is 13.4. The molecule has 1 atom stereocenters. The number of nitrogens with zero attached hydrogens (tertiary/aromatic N) is 2. The first-order valence-electron chi connectivity index (χ1n) is 7.90. The number of halogens is 2. The van der Waals surface area contributed by atoms with Gasteiger partial charge in [0.1, 0.15) is 23.4 Å². The maximum atomic E-state index is 13.4. The van der Waals surface area contributed by atoms with E-state index in [1.54, 1.807) is 48.3 Å². The van der Waals surface area contributed by atoms with Crippen LogP contribution in [0.4, 0.5) is 4.39 Å². The van der Waals surface area contributed by atoms with Crippen molar-refractivity contribution in [1.29, 1.82) is 0 Å². The van der Waals surface area contributed by atoms with Gasteiger partial charge in [0.05, 0.1) is 17.0 Å². The smallest absolute Gasteiger partial charge is 0.241 e. The Morgan fingerprint density at radius 1 is 1.26 bits per heavy atom. The summed E-state index contributed by atoms with van der Waals surface area (Å²) in [6.07, 6.45) is 3.29. The summed E-state index contributed by atoms with van der Waals surface area (Å²) < 4.78 is 48.7. The molecule has 1 aromatic heterocycles. The lowest BCUT2D eigenvalue weighted by atomic mass is 10.1. The van der Waals surface area contributed by atoms with E-state index in [0.29, 0.717) is 17.1 Å². The van der Waals surface area contributed by atoms with Gasteiger partial charge in [-0.25, -0.2) is 17.8 Å². The van der Waals surface area contributed by atoms with Crippen LogP contribution in [0.25, 0.3) is 0 Å². The van der Waals surface area contributed by atoms with Gasteiger partial charge in [0.25, 0.3) is 0 Å². The van der Waals surface area contributed by atoms with Crippen molar-refractivity contribution in [1.82, 2.24) is 14.3 Å². The lowest BCUT2D eigenvalue weighted by Gasteiger charge is -2.20. The fraction of sp³-hybridized carbons (Fsp3) is 0.167. The number of benzene rings is 2. The molecule has 0 fully saturated rings. The molecule has 0 bridgehead atoms. The van der Waals surface area contributed by atoms with E-state index < -0.39 is 21.9 Å². The molecule has 27 heavy (non-hydrogen) atoms. The molecule has 0 aliphatic rings. The van der Waals surface area contributed by atoms with Crippen LogP contribution in [0.1, 0.15) is 17.4 Å². The molecule has 9 heteroatoms. The summed E-state index contributed by atoms with van der Waals surface area (Å²) in [6.45, 7) is 0. The largest absolute Gasteiger partial charge is 0.497 e. The van der Waals surface area contributed by atoms with E-state index in [4.69, 9.17) is 16.3 Å². The Morgan fingerprint density at radius 2 is 2.04 bits per heavy atom. The predicted octanol–water partition coefficient (Wildman–Crippen LogP) is 3.29. The Hall–Kier alpha value is -2.42. The number of imidazole rings is 1. The Kier molecular flexibility index (Phi) is 5.50. The number of nitrogens with one attached hydrogen (secondary N) is 1. The highest BCUT2D eigenvalue weighted by Gasteiger charge is 2.26. The molecule has 2 aromatic carbocycles. The van der Waals surface area contributed by atoms with Gasteiger partial charge in [-0.05, 0) is 35.9 Å². The highest BCUT2D eigenvalue weighted by atomic mass is 35.5. The summed E-state index contributed by atoms with van der Waals surface area (Å²) in [6, 6.07) is 9.46. The minimum atomic E-state index is -4.00. The van der Waals surface area contributed by atoms with Crippen LogP contribution in [-0.4, -0.2) is 25.1 Å². The molecule has 3 rings (SSSR count). The Morgan fingerprint density at radius 3 is 2.67 bits per heavy atom. The van der Waals surface area contributed by atoms with Gasteiger partial charge in [0.2, 0.25) is 10.0 Å². The normalized spacial score (nSPS) is 12.7. The average Bonchev–Trinajstić information content (AvgIpc) is 3.07. The second kappa shape index (κ2) is 7.67. The number of ether oxygens (including phenoxy) is 1. The fourth-order valence-corrected chi connectivity index (χ4v) is 4.07. The predicted molar refractivity (Wildman–Crippen MR) is 99.8 cm³/mol. The maximum Gasteiger partial charge on any atom is 0.241 e. The van der Waals surface area contributed by atoms with Crippen molar-refractivity contribution < 1.29 is 17.5 Å². The van der Waals surface area contributed by atoms with Crippen LogP contribution in [0.15, 0.2) is 59.8 Å². The quantitative estimate of drug-likeness (QED) is 0.678. The van der Waals surface area contributed by atoms with Crippen molar-refractivity contribution in [2.24, 2.45) is 7.05 Å². The number of methoxy groups -OCH3 is 1. The number of sulfonamides is 1. The average molecular weight is 410 g/mol.